The van der Waals surface area contributed by atoms with Gasteiger partial charge in [0.15, 0.2) is 5.96 Å². The Kier molecular flexibility index (Phi) is 7.31. The second-order valence-corrected chi connectivity index (χ2v) is 8.02. The number of guanidine groups is 1. The average Bonchev–Trinajstić information content (AvgIpc) is 3.46. The fraction of sp³-hybridized carbons (Fsp3) is 0.667. The van der Waals surface area contributed by atoms with E-state index in [0.29, 0.717) is 12.6 Å². The van der Waals surface area contributed by atoms with Crippen LogP contribution in [-0.4, -0.2) is 56.3 Å². The molecule has 2 N–H and O–H groups in total. The van der Waals surface area contributed by atoms with Crippen molar-refractivity contribution in [3.8, 4) is 11.5 Å². The summed E-state index contributed by atoms with van der Waals surface area (Å²) in [6.07, 6.45) is 6.35. The molecule has 1 unspecified atom stereocenters. The molecule has 0 spiro atoms. The number of hydrogen-bond donors (Lipinski definition) is 2. The van der Waals surface area contributed by atoms with Crippen LogP contribution in [0.4, 0.5) is 0 Å². The molecule has 0 aromatic heterocycles. The van der Waals surface area contributed by atoms with Gasteiger partial charge < -0.3 is 25.0 Å². The summed E-state index contributed by atoms with van der Waals surface area (Å²) in [4.78, 5) is 7.06. The largest absolute Gasteiger partial charge is 0.496 e. The molecule has 4 rings (SSSR count). The number of benzene rings is 1. The maximum absolute atomic E-state index is 5.90. The smallest absolute Gasteiger partial charge is 0.191 e. The number of ether oxygens (including phenoxy) is 2. The van der Waals surface area contributed by atoms with Crippen LogP contribution < -0.4 is 20.1 Å². The van der Waals surface area contributed by atoms with Gasteiger partial charge in [-0.15, -0.1) is 24.0 Å². The van der Waals surface area contributed by atoms with Crippen LogP contribution in [0, 0.1) is 0 Å². The second-order valence-electron chi connectivity index (χ2n) is 8.02. The third-order valence-corrected chi connectivity index (χ3v) is 5.90. The standard InChI is InChI=1S/C21H32N4O2.HI/c1-14-10-15-11-19(26-3)16(12-20(15)27-14)13-23-21(22-2)24-17-6-8-25(9-7-17)18-4-5-18;/h11-12,14,17-18H,4-10,13H2,1-3H3,(H2,22,23,24);1H. The lowest BCUT2D eigenvalue weighted by Crippen LogP contribution is -2.48. The summed E-state index contributed by atoms with van der Waals surface area (Å²) in [6.45, 7) is 5.17. The number of methoxy groups -OCH3 is 1. The van der Waals surface area contributed by atoms with Crippen molar-refractivity contribution in [1.29, 1.82) is 0 Å². The van der Waals surface area contributed by atoms with Crippen molar-refractivity contribution in [3.63, 3.8) is 0 Å². The molecule has 0 amide bonds. The lowest BCUT2D eigenvalue weighted by molar-refractivity contribution is 0.197. The fourth-order valence-corrected chi connectivity index (χ4v) is 4.23. The molecular formula is C21H33IN4O2. The maximum atomic E-state index is 5.90. The number of aliphatic imine (C=N–C) groups is 1. The SMILES string of the molecule is CN=C(NCc1cc2c(cc1OC)CC(C)O2)NC1CCN(C2CC2)CC1.I. The molecule has 3 aliphatic rings. The quantitative estimate of drug-likeness (QED) is 0.370. The number of rotatable bonds is 5. The molecule has 1 aliphatic carbocycles. The Morgan fingerprint density at radius 1 is 1.25 bits per heavy atom. The zero-order chi connectivity index (χ0) is 18.8. The Morgan fingerprint density at radius 3 is 2.64 bits per heavy atom. The summed E-state index contributed by atoms with van der Waals surface area (Å²) in [5.74, 6) is 2.75. The van der Waals surface area contributed by atoms with E-state index >= 15 is 0 Å². The van der Waals surface area contributed by atoms with Gasteiger partial charge in [-0.3, -0.25) is 4.99 Å². The van der Waals surface area contributed by atoms with E-state index in [9.17, 15) is 0 Å². The molecule has 1 saturated heterocycles. The molecule has 2 fully saturated rings. The Balaban J connectivity index is 0.00000225. The van der Waals surface area contributed by atoms with Crippen LogP contribution >= 0.6 is 24.0 Å². The van der Waals surface area contributed by atoms with Gasteiger partial charge >= 0.3 is 0 Å². The van der Waals surface area contributed by atoms with Gasteiger partial charge in [-0.2, -0.15) is 0 Å². The van der Waals surface area contributed by atoms with Gasteiger partial charge in [0, 0.05) is 56.3 Å². The van der Waals surface area contributed by atoms with Crippen LogP contribution in [-0.2, 0) is 13.0 Å². The Hall–Kier alpha value is -1.22. The van der Waals surface area contributed by atoms with Crippen LogP contribution in [0.1, 0.15) is 43.7 Å². The van der Waals surface area contributed by atoms with E-state index in [1.165, 1.54) is 44.3 Å². The lowest BCUT2D eigenvalue weighted by atomic mass is 10.1. The van der Waals surface area contributed by atoms with E-state index in [0.717, 1.165) is 35.5 Å². The van der Waals surface area contributed by atoms with E-state index in [-0.39, 0.29) is 30.1 Å². The van der Waals surface area contributed by atoms with E-state index in [1.807, 2.05) is 7.05 Å². The van der Waals surface area contributed by atoms with Crippen molar-refractivity contribution < 1.29 is 9.47 Å². The molecule has 1 aromatic rings. The van der Waals surface area contributed by atoms with Crippen molar-refractivity contribution in [2.24, 2.45) is 4.99 Å². The number of likely N-dealkylation sites (tertiary alicyclic amines) is 1. The third-order valence-electron chi connectivity index (χ3n) is 5.90. The van der Waals surface area contributed by atoms with Gasteiger partial charge in [-0.05, 0) is 44.7 Å². The van der Waals surface area contributed by atoms with Crippen LogP contribution in [0.15, 0.2) is 17.1 Å². The summed E-state index contributed by atoms with van der Waals surface area (Å²) in [7, 11) is 3.56. The van der Waals surface area contributed by atoms with E-state index in [1.54, 1.807) is 7.11 Å². The summed E-state index contributed by atoms with van der Waals surface area (Å²) >= 11 is 0. The molecule has 1 atom stereocenters. The molecule has 0 radical (unpaired) electrons. The minimum atomic E-state index is 0. The van der Waals surface area contributed by atoms with E-state index in [2.05, 4.69) is 39.6 Å². The highest BCUT2D eigenvalue weighted by Crippen LogP contribution is 2.35. The molecule has 0 bridgehead atoms. The van der Waals surface area contributed by atoms with Crippen LogP contribution in [0.25, 0.3) is 0 Å². The Bertz CT molecular complexity index is 700. The minimum Gasteiger partial charge on any atom is -0.496 e. The number of nitrogens with zero attached hydrogens (tertiary/aromatic N) is 2. The normalized spacial score (nSPS) is 22.8. The van der Waals surface area contributed by atoms with Crippen LogP contribution in [0.3, 0.4) is 0 Å². The predicted octanol–water partition coefficient (Wildman–Crippen LogP) is 2.93. The number of nitrogens with one attached hydrogen (secondary N) is 2. The zero-order valence-electron chi connectivity index (χ0n) is 17.2. The Morgan fingerprint density at radius 2 is 2.00 bits per heavy atom. The molecular weight excluding hydrogens is 467 g/mol. The first kappa shape index (κ1) is 21.5. The third kappa shape index (κ3) is 5.03. The van der Waals surface area contributed by atoms with Crippen molar-refractivity contribution in [2.45, 2.75) is 63.8 Å². The molecule has 156 valence electrons. The zero-order valence-corrected chi connectivity index (χ0v) is 19.5. The first-order valence-electron chi connectivity index (χ1n) is 10.2. The average molecular weight is 500 g/mol. The number of halogens is 1. The predicted molar refractivity (Wildman–Crippen MR) is 123 cm³/mol. The summed E-state index contributed by atoms with van der Waals surface area (Å²) in [5.41, 5.74) is 2.32. The lowest BCUT2D eigenvalue weighted by Gasteiger charge is -2.33. The topological polar surface area (TPSA) is 58.1 Å². The highest BCUT2D eigenvalue weighted by atomic mass is 127. The second kappa shape index (κ2) is 9.52. The van der Waals surface area contributed by atoms with Crippen molar-refractivity contribution in [1.82, 2.24) is 15.5 Å². The monoisotopic (exact) mass is 500 g/mol. The molecule has 1 saturated carbocycles. The van der Waals surface area contributed by atoms with Gasteiger partial charge in [0.2, 0.25) is 0 Å². The molecule has 2 aliphatic heterocycles. The van der Waals surface area contributed by atoms with Crippen molar-refractivity contribution >= 4 is 29.9 Å². The first-order valence-corrected chi connectivity index (χ1v) is 10.2. The molecule has 28 heavy (non-hydrogen) atoms. The summed E-state index contributed by atoms with van der Waals surface area (Å²) < 4.78 is 11.5. The highest BCUT2D eigenvalue weighted by Gasteiger charge is 2.32. The highest BCUT2D eigenvalue weighted by molar-refractivity contribution is 14.0. The number of fused-ring (bicyclic) bond motifs is 1. The van der Waals surface area contributed by atoms with E-state index < -0.39 is 0 Å². The van der Waals surface area contributed by atoms with Crippen LogP contribution in [0.2, 0.25) is 0 Å². The number of hydrogen-bond acceptors (Lipinski definition) is 4. The Labute approximate surface area is 185 Å². The molecule has 2 heterocycles. The van der Waals surface area contributed by atoms with Gasteiger partial charge in [-0.25, -0.2) is 0 Å². The van der Waals surface area contributed by atoms with Crippen molar-refractivity contribution in [2.75, 3.05) is 27.2 Å². The van der Waals surface area contributed by atoms with Gasteiger partial charge in [0.1, 0.15) is 17.6 Å². The summed E-state index contributed by atoms with van der Waals surface area (Å²) in [5, 5.41) is 7.04. The van der Waals surface area contributed by atoms with Crippen molar-refractivity contribution in [3.05, 3.63) is 23.3 Å². The molecule has 6 nitrogen and oxygen atoms in total. The van der Waals surface area contributed by atoms with E-state index in [4.69, 9.17) is 9.47 Å². The van der Waals surface area contributed by atoms with Gasteiger partial charge in [-0.1, -0.05) is 0 Å². The van der Waals surface area contributed by atoms with Gasteiger partial charge in [0.25, 0.3) is 0 Å². The van der Waals surface area contributed by atoms with Crippen LogP contribution in [0.5, 0.6) is 11.5 Å². The fourth-order valence-electron chi connectivity index (χ4n) is 4.23. The maximum Gasteiger partial charge on any atom is 0.191 e. The first-order chi connectivity index (χ1) is 13.2. The number of piperidine rings is 1. The molecule has 7 heteroatoms. The van der Waals surface area contributed by atoms with Gasteiger partial charge in [0.05, 0.1) is 7.11 Å². The summed E-state index contributed by atoms with van der Waals surface area (Å²) in [6, 6.07) is 5.59. The molecule has 1 aromatic carbocycles. The minimum absolute atomic E-state index is 0.